The zero-order valence-electron chi connectivity index (χ0n) is 10.9. The van der Waals surface area contributed by atoms with Crippen molar-refractivity contribution >= 4 is 23.8 Å². The van der Waals surface area contributed by atoms with Crippen molar-refractivity contribution in [1.82, 2.24) is 15.5 Å². The predicted octanol–water partition coefficient (Wildman–Crippen LogP) is -0.702. The van der Waals surface area contributed by atoms with E-state index in [1.54, 1.807) is 13.8 Å². The molecule has 1 rings (SSSR count). The minimum atomic E-state index is -0.999. The van der Waals surface area contributed by atoms with E-state index in [1.807, 2.05) is 0 Å². The lowest BCUT2D eigenvalue weighted by atomic mass is 10.1. The highest BCUT2D eigenvalue weighted by Gasteiger charge is 2.44. The SMILES string of the molecule is CC1(C)NC(=O)N(CC(=O)NCCCC(=O)O)C1=O. The Bertz CT molecular complexity index is 419. The first-order valence-electron chi connectivity index (χ1n) is 5.86. The van der Waals surface area contributed by atoms with Crippen molar-refractivity contribution in [2.24, 2.45) is 0 Å². The van der Waals surface area contributed by atoms with Crippen LogP contribution in [0, 0.1) is 0 Å². The third-order valence-electron chi connectivity index (χ3n) is 2.64. The number of carbonyl (C=O) groups excluding carboxylic acids is 3. The summed E-state index contributed by atoms with van der Waals surface area (Å²) in [7, 11) is 0. The van der Waals surface area contributed by atoms with Gasteiger partial charge in [-0.2, -0.15) is 0 Å². The molecule has 1 fully saturated rings. The van der Waals surface area contributed by atoms with Crippen molar-refractivity contribution < 1.29 is 24.3 Å². The molecule has 3 N–H and O–H groups in total. The fourth-order valence-corrected chi connectivity index (χ4v) is 1.63. The van der Waals surface area contributed by atoms with E-state index in [4.69, 9.17) is 5.11 Å². The molecule has 19 heavy (non-hydrogen) atoms. The molecule has 0 radical (unpaired) electrons. The van der Waals surface area contributed by atoms with E-state index in [-0.39, 0.29) is 19.5 Å². The highest BCUT2D eigenvalue weighted by Crippen LogP contribution is 2.15. The van der Waals surface area contributed by atoms with E-state index in [0.29, 0.717) is 6.42 Å². The molecule has 1 aliphatic rings. The monoisotopic (exact) mass is 271 g/mol. The molecule has 106 valence electrons. The predicted molar refractivity (Wildman–Crippen MR) is 64.2 cm³/mol. The van der Waals surface area contributed by atoms with Crippen LogP contribution >= 0.6 is 0 Å². The fraction of sp³-hybridized carbons (Fsp3) is 0.636. The van der Waals surface area contributed by atoms with Gasteiger partial charge in [-0.05, 0) is 20.3 Å². The first-order valence-corrected chi connectivity index (χ1v) is 5.86. The minimum absolute atomic E-state index is 0.0452. The van der Waals surface area contributed by atoms with E-state index in [9.17, 15) is 19.2 Å². The zero-order chi connectivity index (χ0) is 14.6. The maximum Gasteiger partial charge on any atom is 0.325 e. The summed E-state index contributed by atoms with van der Waals surface area (Å²) < 4.78 is 0. The van der Waals surface area contributed by atoms with Gasteiger partial charge in [-0.1, -0.05) is 0 Å². The van der Waals surface area contributed by atoms with Crippen LogP contribution in [0.2, 0.25) is 0 Å². The van der Waals surface area contributed by atoms with Crippen LogP contribution in [0.25, 0.3) is 0 Å². The summed E-state index contributed by atoms with van der Waals surface area (Å²) >= 11 is 0. The Morgan fingerprint density at radius 2 is 2.00 bits per heavy atom. The number of carboxylic acid groups (broad SMARTS) is 1. The summed E-state index contributed by atoms with van der Waals surface area (Å²) in [5.74, 6) is -1.89. The lowest BCUT2D eigenvalue weighted by Gasteiger charge is -2.15. The standard InChI is InChI=1S/C11H17N3O5/c1-11(2)9(18)14(10(19)13-11)6-7(15)12-5-3-4-8(16)17/h3-6H2,1-2H3,(H,12,15)(H,13,19)(H,16,17). The normalized spacial score (nSPS) is 17.3. The van der Waals surface area contributed by atoms with E-state index < -0.39 is 29.4 Å². The third-order valence-corrected chi connectivity index (χ3v) is 2.64. The van der Waals surface area contributed by atoms with Gasteiger partial charge in [0.15, 0.2) is 0 Å². The number of hydrogen-bond acceptors (Lipinski definition) is 4. The van der Waals surface area contributed by atoms with Gasteiger partial charge in [-0.25, -0.2) is 4.79 Å². The van der Waals surface area contributed by atoms with Gasteiger partial charge in [0.25, 0.3) is 5.91 Å². The second kappa shape index (κ2) is 5.68. The third kappa shape index (κ3) is 3.94. The Morgan fingerprint density at radius 3 is 2.47 bits per heavy atom. The maximum atomic E-state index is 11.8. The number of hydrogen-bond donors (Lipinski definition) is 3. The van der Waals surface area contributed by atoms with E-state index >= 15 is 0 Å². The van der Waals surface area contributed by atoms with E-state index in [2.05, 4.69) is 10.6 Å². The van der Waals surface area contributed by atoms with Gasteiger partial charge in [-0.3, -0.25) is 19.3 Å². The van der Waals surface area contributed by atoms with Gasteiger partial charge >= 0.3 is 12.0 Å². The van der Waals surface area contributed by atoms with Crippen LogP contribution in [0.5, 0.6) is 0 Å². The molecule has 0 aromatic heterocycles. The average molecular weight is 271 g/mol. The number of nitrogens with one attached hydrogen (secondary N) is 2. The lowest BCUT2D eigenvalue weighted by molar-refractivity contribution is -0.137. The molecule has 0 unspecified atom stereocenters. The summed E-state index contributed by atoms with van der Waals surface area (Å²) in [4.78, 5) is 45.9. The number of amides is 4. The summed E-state index contributed by atoms with van der Waals surface area (Å²) in [6, 6.07) is -0.601. The first kappa shape index (κ1) is 14.9. The number of rotatable bonds is 6. The Labute approximate surface area is 110 Å². The van der Waals surface area contributed by atoms with Crippen LogP contribution in [0.15, 0.2) is 0 Å². The molecule has 0 aliphatic carbocycles. The minimum Gasteiger partial charge on any atom is -0.481 e. The van der Waals surface area contributed by atoms with Crippen molar-refractivity contribution in [2.45, 2.75) is 32.2 Å². The van der Waals surface area contributed by atoms with Crippen molar-refractivity contribution in [1.29, 1.82) is 0 Å². The second-order valence-electron chi connectivity index (χ2n) is 4.79. The number of carboxylic acids is 1. The van der Waals surface area contributed by atoms with Crippen LogP contribution in [0.3, 0.4) is 0 Å². The highest BCUT2D eigenvalue weighted by atomic mass is 16.4. The van der Waals surface area contributed by atoms with Gasteiger partial charge in [0.1, 0.15) is 12.1 Å². The average Bonchev–Trinajstić information content (AvgIpc) is 2.47. The number of carbonyl (C=O) groups is 4. The molecule has 0 aromatic rings. The summed E-state index contributed by atoms with van der Waals surface area (Å²) in [6.45, 7) is 2.94. The summed E-state index contributed by atoms with van der Waals surface area (Å²) in [5.41, 5.74) is -0.999. The Morgan fingerprint density at radius 1 is 1.37 bits per heavy atom. The van der Waals surface area contributed by atoms with Gasteiger partial charge in [-0.15, -0.1) is 0 Å². The molecule has 0 aromatic carbocycles. The topological polar surface area (TPSA) is 116 Å². The van der Waals surface area contributed by atoms with Crippen LogP contribution in [0.4, 0.5) is 4.79 Å². The molecule has 0 saturated carbocycles. The van der Waals surface area contributed by atoms with Gasteiger partial charge in [0, 0.05) is 13.0 Å². The van der Waals surface area contributed by atoms with Gasteiger partial charge in [0.2, 0.25) is 5.91 Å². The van der Waals surface area contributed by atoms with E-state index in [1.165, 1.54) is 0 Å². The summed E-state index contributed by atoms with van der Waals surface area (Å²) in [5, 5.41) is 13.3. The number of nitrogens with zero attached hydrogens (tertiary/aromatic N) is 1. The maximum absolute atomic E-state index is 11.8. The van der Waals surface area contributed by atoms with Crippen molar-refractivity contribution in [3.8, 4) is 0 Å². The molecule has 1 aliphatic heterocycles. The summed E-state index contributed by atoms with van der Waals surface area (Å²) in [6.07, 6.45) is 0.253. The lowest BCUT2D eigenvalue weighted by Crippen LogP contribution is -2.43. The van der Waals surface area contributed by atoms with Gasteiger partial charge in [0.05, 0.1) is 0 Å². The molecule has 0 bridgehead atoms. The van der Waals surface area contributed by atoms with Gasteiger partial charge < -0.3 is 15.7 Å². The number of imide groups is 1. The van der Waals surface area contributed by atoms with Crippen molar-refractivity contribution in [3.63, 3.8) is 0 Å². The second-order valence-corrected chi connectivity index (χ2v) is 4.79. The molecule has 1 saturated heterocycles. The van der Waals surface area contributed by atoms with Crippen molar-refractivity contribution in [2.75, 3.05) is 13.1 Å². The highest BCUT2D eigenvalue weighted by molar-refractivity contribution is 6.08. The first-order chi connectivity index (χ1) is 8.74. The largest absolute Gasteiger partial charge is 0.481 e. The number of urea groups is 1. The molecule has 0 spiro atoms. The van der Waals surface area contributed by atoms with Crippen LogP contribution in [-0.4, -0.2) is 52.4 Å². The Hall–Kier alpha value is -2.12. The zero-order valence-corrected chi connectivity index (χ0v) is 10.9. The fourth-order valence-electron chi connectivity index (χ4n) is 1.63. The molecule has 8 nitrogen and oxygen atoms in total. The number of aliphatic carboxylic acids is 1. The quantitative estimate of drug-likeness (QED) is 0.436. The van der Waals surface area contributed by atoms with Crippen LogP contribution < -0.4 is 10.6 Å². The molecular formula is C11H17N3O5. The van der Waals surface area contributed by atoms with E-state index in [0.717, 1.165) is 4.90 Å². The van der Waals surface area contributed by atoms with Crippen LogP contribution in [0.1, 0.15) is 26.7 Å². The molecule has 4 amide bonds. The molecule has 1 heterocycles. The Balaban J connectivity index is 2.39. The Kier molecular flexibility index (Phi) is 4.47. The smallest absolute Gasteiger partial charge is 0.325 e. The molecule has 0 atom stereocenters. The van der Waals surface area contributed by atoms with Crippen LogP contribution in [-0.2, 0) is 14.4 Å². The molecule has 8 heteroatoms. The molecular weight excluding hydrogens is 254 g/mol. The van der Waals surface area contributed by atoms with Crippen molar-refractivity contribution in [3.05, 3.63) is 0 Å².